The van der Waals surface area contributed by atoms with E-state index in [0.717, 1.165) is 6.42 Å². The summed E-state index contributed by atoms with van der Waals surface area (Å²) >= 11 is 0. The first-order valence-electron chi connectivity index (χ1n) is 4.94. The molecule has 0 rings (SSSR count). The number of rotatable bonds is 5. The Morgan fingerprint density at radius 1 is 1.57 bits per heavy atom. The molecule has 0 spiro atoms. The van der Waals surface area contributed by atoms with Gasteiger partial charge in [-0.2, -0.15) is 0 Å². The molecule has 0 bridgehead atoms. The average Bonchev–Trinajstić information content (AvgIpc) is 2.17. The van der Waals surface area contributed by atoms with Gasteiger partial charge in [0.2, 0.25) is 0 Å². The number of unbranched alkanes of at least 4 members (excludes halogenated alkanes) is 1. The number of hydrogen-bond acceptors (Lipinski definition) is 3. The minimum absolute atomic E-state index is 0.207. The second kappa shape index (κ2) is 8.58. The first kappa shape index (κ1) is 13.0. The van der Waals surface area contributed by atoms with E-state index in [1.165, 1.54) is 7.11 Å². The van der Waals surface area contributed by atoms with Gasteiger partial charge in [0.25, 0.3) is 0 Å². The van der Waals surface area contributed by atoms with Gasteiger partial charge in [-0.25, -0.2) is 0 Å². The maximum Gasteiger partial charge on any atom is 0.305 e. The van der Waals surface area contributed by atoms with Crippen molar-refractivity contribution in [3.63, 3.8) is 0 Å². The van der Waals surface area contributed by atoms with Crippen LogP contribution in [0.15, 0.2) is 0 Å². The highest BCUT2D eigenvalue weighted by Crippen LogP contribution is 1.97. The third-order valence-electron chi connectivity index (χ3n) is 1.74. The molecule has 1 N–H and O–H groups in total. The molecule has 0 aromatic carbocycles. The standard InChI is InChI=1S/C11H18O3/c1-3-7-10(12)8-5-4-6-9-11(13)14-2/h10,12H,3-4,6-7,9H2,1-2H3. The fraction of sp³-hybridized carbons (Fsp3) is 0.727. The summed E-state index contributed by atoms with van der Waals surface area (Å²) < 4.78 is 4.48. The maximum absolute atomic E-state index is 10.7. The van der Waals surface area contributed by atoms with Crippen LogP contribution in [0.4, 0.5) is 0 Å². The molecule has 0 aliphatic carbocycles. The van der Waals surface area contributed by atoms with E-state index in [1.54, 1.807) is 0 Å². The van der Waals surface area contributed by atoms with Gasteiger partial charge >= 0.3 is 5.97 Å². The summed E-state index contributed by atoms with van der Waals surface area (Å²) in [6.07, 6.45) is 2.85. The topological polar surface area (TPSA) is 46.5 Å². The Morgan fingerprint density at radius 2 is 2.29 bits per heavy atom. The van der Waals surface area contributed by atoms with E-state index in [9.17, 15) is 9.90 Å². The number of esters is 1. The van der Waals surface area contributed by atoms with Crippen molar-refractivity contribution in [2.24, 2.45) is 0 Å². The van der Waals surface area contributed by atoms with Gasteiger partial charge in [0.1, 0.15) is 6.10 Å². The van der Waals surface area contributed by atoms with Crippen LogP contribution in [-0.4, -0.2) is 24.3 Å². The molecule has 0 amide bonds. The second-order valence-electron chi connectivity index (χ2n) is 3.06. The van der Waals surface area contributed by atoms with Crippen molar-refractivity contribution in [3.05, 3.63) is 0 Å². The fourth-order valence-electron chi connectivity index (χ4n) is 0.959. The number of methoxy groups -OCH3 is 1. The van der Waals surface area contributed by atoms with Crippen LogP contribution in [0.2, 0.25) is 0 Å². The zero-order chi connectivity index (χ0) is 10.8. The van der Waals surface area contributed by atoms with Crippen molar-refractivity contribution in [2.45, 2.75) is 45.1 Å². The van der Waals surface area contributed by atoms with E-state index >= 15 is 0 Å². The normalized spacial score (nSPS) is 11.4. The largest absolute Gasteiger partial charge is 0.469 e. The van der Waals surface area contributed by atoms with Crippen LogP contribution in [0.25, 0.3) is 0 Å². The van der Waals surface area contributed by atoms with Gasteiger partial charge in [-0.15, -0.1) is 5.92 Å². The van der Waals surface area contributed by atoms with Crippen LogP contribution in [0, 0.1) is 11.8 Å². The first-order chi connectivity index (χ1) is 6.70. The summed E-state index contributed by atoms with van der Waals surface area (Å²) in [4.78, 5) is 10.7. The number of aliphatic hydroxyl groups excluding tert-OH is 1. The summed E-state index contributed by atoms with van der Waals surface area (Å²) in [7, 11) is 1.37. The Morgan fingerprint density at radius 3 is 2.86 bits per heavy atom. The van der Waals surface area contributed by atoms with Crippen molar-refractivity contribution in [2.75, 3.05) is 7.11 Å². The quantitative estimate of drug-likeness (QED) is 0.413. The van der Waals surface area contributed by atoms with Gasteiger partial charge in [0, 0.05) is 12.8 Å². The zero-order valence-corrected chi connectivity index (χ0v) is 8.88. The lowest BCUT2D eigenvalue weighted by molar-refractivity contribution is -0.140. The number of aliphatic hydroxyl groups is 1. The predicted molar refractivity (Wildman–Crippen MR) is 54.6 cm³/mol. The molecule has 0 radical (unpaired) electrons. The molecule has 0 heterocycles. The highest BCUT2D eigenvalue weighted by Gasteiger charge is 1.98. The average molecular weight is 198 g/mol. The Hall–Kier alpha value is -1.01. The van der Waals surface area contributed by atoms with Crippen molar-refractivity contribution in [3.8, 4) is 11.8 Å². The molecule has 1 unspecified atom stereocenters. The van der Waals surface area contributed by atoms with Crippen LogP contribution >= 0.6 is 0 Å². The van der Waals surface area contributed by atoms with Crippen molar-refractivity contribution < 1.29 is 14.6 Å². The fourth-order valence-corrected chi connectivity index (χ4v) is 0.959. The van der Waals surface area contributed by atoms with Crippen LogP contribution in [0.3, 0.4) is 0 Å². The monoisotopic (exact) mass is 198 g/mol. The van der Waals surface area contributed by atoms with Crippen molar-refractivity contribution in [1.29, 1.82) is 0 Å². The van der Waals surface area contributed by atoms with E-state index in [0.29, 0.717) is 25.7 Å². The molecule has 3 nitrogen and oxygen atoms in total. The molecule has 14 heavy (non-hydrogen) atoms. The molecule has 0 saturated carbocycles. The molecule has 0 aromatic heterocycles. The lowest BCUT2D eigenvalue weighted by Crippen LogP contribution is -2.01. The molecule has 0 aliphatic heterocycles. The van der Waals surface area contributed by atoms with E-state index in [1.807, 2.05) is 6.92 Å². The summed E-state index contributed by atoms with van der Waals surface area (Å²) in [5, 5.41) is 9.24. The van der Waals surface area contributed by atoms with E-state index in [-0.39, 0.29) is 5.97 Å². The third kappa shape index (κ3) is 7.63. The Balaban J connectivity index is 3.47. The zero-order valence-electron chi connectivity index (χ0n) is 8.88. The summed E-state index contributed by atoms with van der Waals surface area (Å²) in [5.74, 6) is 5.36. The Bertz CT molecular complexity index is 212. The minimum Gasteiger partial charge on any atom is -0.469 e. The predicted octanol–water partition coefficient (Wildman–Crippen LogP) is 1.49. The van der Waals surface area contributed by atoms with E-state index in [2.05, 4.69) is 16.6 Å². The van der Waals surface area contributed by atoms with Crippen LogP contribution < -0.4 is 0 Å². The molecule has 0 aliphatic rings. The number of carbonyl (C=O) groups excluding carboxylic acids is 1. The Labute approximate surface area is 85.5 Å². The number of ether oxygens (including phenoxy) is 1. The van der Waals surface area contributed by atoms with E-state index in [4.69, 9.17) is 0 Å². The molecular weight excluding hydrogens is 180 g/mol. The smallest absolute Gasteiger partial charge is 0.305 e. The summed E-state index contributed by atoms with van der Waals surface area (Å²) in [6, 6.07) is 0. The molecule has 0 saturated heterocycles. The van der Waals surface area contributed by atoms with Crippen molar-refractivity contribution in [1.82, 2.24) is 0 Å². The lowest BCUT2D eigenvalue weighted by atomic mass is 10.2. The van der Waals surface area contributed by atoms with Crippen LogP contribution in [-0.2, 0) is 9.53 Å². The first-order valence-corrected chi connectivity index (χ1v) is 4.94. The van der Waals surface area contributed by atoms with Crippen LogP contribution in [0.1, 0.15) is 39.0 Å². The number of carbonyl (C=O) groups is 1. The lowest BCUT2D eigenvalue weighted by Gasteiger charge is -1.98. The molecule has 0 aromatic rings. The highest BCUT2D eigenvalue weighted by molar-refractivity contribution is 5.69. The molecule has 0 fully saturated rings. The maximum atomic E-state index is 10.7. The van der Waals surface area contributed by atoms with Gasteiger partial charge in [0.05, 0.1) is 7.11 Å². The molecular formula is C11H18O3. The van der Waals surface area contributed by atoms with Crippen LogP contribution in [0.5, 0.6) is 0 Å². The minimum atomic E-state index is -0.516. The van der Waals surface area contributed by atoms with Gasteiger partial charge in [-0.1, -0.05) is 19.3 Å². The summed E-state index contributed by atoms with van der Waals surface area (Å²) in [6.45, 7) is 2.00. The van der Waals surface area contributed by atoms with E-state index < -0.39 is 6.10 Å². The Kier molecular flexibility index (Phi) is 7.96. The SMILES string of the molecule is CCCC(O)C#CCCCC(=O)OC. The van der Waals surface area contributed by atoms with Gasteiger partial charge < -0.3 is 9.84 Å². The van der Waals surface area contributed by atoms with Crippen molar-refractivity contribution >= 4 is 5.97 Å². The molecule has 3 heteroatoms. The summed E-state index contributed by atoms with van der Waals surface area (Å²) in [5.41, 5.74) is 0. The highest BCUT2D eigenvalue weighted by atomic mass is 16.5. The van der Waals surface area contributed by atoms with Gasteiger partial charge in [-0.3, -0.25) is 4.79 Å². The second-order valence-corrected chi connectivity index (χ2v) is 3.06. The molecule has 1 atom stereocenters. The van der Waals surface area contributed by atoms with Gasteiger partial charge in [-0.05, 0) is 12.8 Å². The number of hydrogen-bond donors (Lipinski definition) is 1. The molecule has 80 valence electrons. The third-order valence-corrected chi connectivity index (χ3v) is 1.74. The van der Waals surface area contributed by atoms with Gasteiger partial charge in [0.15, 0.2) is 0 Å².